The highest BCUT2D eigenvalue weighted by Crippen LogP contribution is 2.27. The first kappa shape index (κ1) is 12.4. The lowest BCUT2D eigenvalue weighted by molar-refractivity contribution is -0.135. The smallest absolute Gasteiger partial charge is 0.345 e. The van der Waals surface area contributed by atoms with Crippen molar-refractivity contribution in [2.24, 2.45) is 0 Å². The van der Waals surface area contributed by atoms with Gasteiger partial charge in [-0.05, 0) is 13.8 Å². The van der Waals surface area contributed by atoms with E-state index in [1.807, 2.05) is 18.7 Å². The standard InChI is InChI=1S/C10H17NO3S/c1-7(2)11-4-9(10(13)14-3)15-6-8(11)5-12/h4,7-8,12H,5-6H2,1-3H3/t8-/m1/s1. The predicted molar refractivity (Wildman–Crippen MR) is 60.4 cm³/mol. The summed E-state index contributed by atoms with van der Waals surface area (Å²) in [5, 5.41) is 9.19. The Labute approximate surface area is 94.3 Å². The van der Waals surface area contributed by atoms with Gasteiger partial charge in [0.05, 0.1) is 19.8 Å². The topological polar surface area (TPSA) is 49.8 Å². The maximum atomic E-state index is 11.3. The van der Waals surface area contributed by atoms with Crippen molar-refractivity contribution < 1.29 is 14.6 Å². The molecule has 1 heterocycles. The van der Waals surface area contributed by atoms with Crippen LogP contribution in [0.2, 0.25) is 0 Å². The molecular weight excluding hydrogens is 214 g/mol. The van der Waals surface area contributed by atoms with Crippen LogP contribution in [0.4, 0.5) is 0 Å². The number of thioether (sulfide) groups is 1. The van der Waals surface area contributed by atoms with E-state index in [9.17, 15) is 9.90 Å². The highest BCUT2D eigenvalue weighted by atomic mass is 32.2. The van der Waals surface area contributed by atoms with E-state index < -0.39 is 0 Å². The van der Waals surface area contributed by atoms with Gasteiger partial charge < -0.3 is 14.7 Å². The zero-order valence-electron chi connectivity index (χ0n) is 9.27. The average Bonchev–Trinajstić information content (AvgIpc) is 2.27. The number of carbonyl (C=O) groups is 1. The highest BCUT2D eigenvalue weighted by Gasteiger charge is 2.26. The summed E-state index contributed by atoms with van der Waals surface area (Å²) in [5.41, 5.74) is 0. The first-order valence-corrected chi connectivity index (χ1v) is 5.90. The third-order valence-electron chi connectivity index (χ3n) is 2.31. The summed E-state index contributed by atoms with van der Waals surface area (Å²) in [4.78, 5) is 13.9. The number of methoxy groups -OCH3 is 1. The second kappa shape index (κ2) is 5.42. The molecule has 1 rings (SSSR count). The second-order valence-electron chi connectivity index (χ2n) is 3.67. The Hall–Kier alpha value is -0.680. The Balaban J connectivity index is 2.82. The van der Waals surface area contributed by atoms with Gasteiger partial charge >= 0.3 is 5.97 Å². The summed E-state index contributed by atoms with van der Waals surface area (Å²) in [7, 11) is 1.38. The first-order chi connectivity index (χ1) is 7.10. The quantitative estimate of drug-likeness (QED) is 0.729. The van der Waals surface area contributed by atoms with Crippen LogP contribution in [0.15, 0.2) is 11.1 Å². The average molecular weight is 231 g/mol. The minimum Gasteiger partial charge on any atom is -0.465 e. The van der Waals surface area contributed by atoms with Gasteiger partial charge in [0.25, 0.3) is 0 Å². The number of rotatable bonds is 3. The summed E-state index contributed by atoms with van der Waals surface area (Å²) in [6.45, 7) is 4.17. The Morgan fingerprint density at radius 3 is 2.93 bits per heavy atom. The first-order valence-electron chi connectivity index (χ1n) is 4.91. The molecule has 0 amide bonds. The molecule has 1 N–H and O–H groups in total. The zero-order valence-corrected chi connectivity index (χ0v) is 10.1. The molecule has 15 heavy (non-hydrogen) atoms. The van der Waals surface area contributed by atoms with E-state index in [-0.39, 0.29) is 24.7 Å². The number of nitrogens with zero attached hydrogens (tertiary/aromatic N) is 1. The molecule has 1 aliphatic rings. The summed E-state index contributed by atoms with van der Waals surface area (Å²) in [6, 6.07) is 0.353. The molecular formula is C10H17NO3S. The molecule has 4 nitrogen and oxygen atoms in total. The van der Waals surface area contributed by atoms with Crippen molar-refractivity contribution >= 4 is 17.7 Å². The van der Waals surface area contributed by atoms with Gasteiger partial charge in [-0.25, -0.2) is 4.79 Å². The number of aliphatic hydroxyl groups is 1. The normalized spacial score (nSPS) is 21.5. The minimum atomic E-state index is -0.304. The molecule has 0 aromatic heterocycles. The summed E-state index contributed by atoms with van der Waals surface area (Å²) in [6.07, 6.45) is 1.78. The van der Waals surface area contributed by atoms with Gasteiger partial charge in [0.2, 0.25) is 0 Å². The number of hydrogen-bond donors (Lipinski definition) is 1. The number of carbonyl (C=O) groups excluding carboxylic acids is 1. The second-order valence-corrected chi connectivity index (χ2v) is 4.74. The number of aliphatic hydroxyl groups excluding tert-OH is 1. The molecule has 1 aliphatic heterocycles. The fourth-order valence-electron chi connectivity index (χ4n) is 1.48. The fourth-order valence-corrected chi connectivity index (χ4v) is 2.53. The van der Waals surface area contributed by atoms with E-state index in [2.05, 4.69) is 4.74 Å². The van der Waals surface area contributed by atoms with Gasteiger partial charge in [0.1, 0.15) is 4.91 Å². The fraction of sp³-hybridized carbons (Fsp3) is 0.700. The van der Waals surface area contributed by atoms with Crippen LogP contribution in [-0.2, 0) is 9.53 Å². The van der Waals surface area contributed by atoms with Crippen LogP contribution in [-0.4, -0.2) is 47.5 Å². The van der Waals surface area contributed by atoms with Crippen molar-refractivity contribution in [3.8, 4) is 0 Å². The molecule has 0 bridgehead atoms. The van der Waals surface area contributed by atoms with Crippen LogP contribution >= 0.6 is 11.8 Å². The van der Waals surface area contributed by atoms with E-state index in [0.29, 0.717) is 4.91 Å². The molecule has 0 spiro atoms. The molecule has 5 heteroatoms. The van der Waals surface area contributed by atoms with Gasteiger partial charge in [-0.3, -0.25) is 0 Å². The van der Waals surface area contributed by atoms with Crippen LogP contribution in [0.25, 0.3) is 0 Å². The molecule has 0 saturated carbocycles. The van der Waals surface area contributed by atoms with Crippen LogP contribution in [0, 0.1) is 0 Å². The predicted octanol–water partition coefficient (Wildman–Crippen LogP) is 0.819. The summed E-state index contributed by atoms with van der Waals surface area (Å²) >= 11 is 1.43. The lowest BCUT2D eigenvalue weighted by Crippen LogP contribution is -2.43. The largest absolute Gasteiger partial charge is 0.465 e. The third-order valence-corrected chi connectivity index (χ3v) is 3.45. The van der Waals surface area contributed by atoms with E-state index in [1.54, 1.807) is 6.20 Å². The van der Waals surface area contributed by atoms with Crippen molar-refractivity contribution in [3.63, 3.8) is 0 Å². The highest BCUT2D eigenvalue weighted by molar-refractivity contribution is 8.04. The molecule has 0 aromatic carbocycles. The van der Waals surface area contributed by atoms with E-state index in [1.165, 1.54) is 18.9 Å². The molecule has 0 unspecified atom stereocenters. The van der Waals surface area contributed by atoms with Crippen molar-refractivity contribution in [3.05, 3.63) is 11.1 Å². The molecule has 0 aliphatic carbocycles. The number of hydrogen-bond acceptors (Lipinski definition) is 5. The SMILES string of the molecule is COC(=O)C1=CN(C(C)C)[C@H](CO)CS1. The Morgan fingerprint density at radius 2 is 2.47 bits per heavy atom. The van der Waals surface area contributed by atoms with Crippen molar-refractivity contribution in [2.75, 3.05) is 19.5 Å². The van der Waals surface area contributed by atoms with Gasteiger partial charge in [-0.15, -0.1) is 11.8 Å². The Morgan fingerprint density at radius 1 is 1.80 bits per heavy atom. The van der Waals surface area contributed by atoms with Crippen LogP contribution in [0.3, 0.4) is 0 Å². The van der Waals surface area contributed by atoms with Crippen LogP contribution < -0.4 is 0 Å². The van der Waals surface area contributed by atoms with Crippen molar-refractivity contribution in [1.82, 2.24) is 4.90 Å². The van der Waals surface area contributed by atoms with Gasteiger partial charge in [-0.2, -0.15) is 0 Å². The Kier molecular flexibility index (Phi) is 4.47. The van der Waals surface area contributed by atoms with Gasteiger partial charge in [0.15, 0.2) is 0 Å². The maximum Gasteiger partial charge on any atom is 0.345 e. The maximum absolute atomic E-state index is 11.3. The third kappa shape index (κ3) is 2.89. The molecule has 0 aromatic rings. The monoisotopic (exact) mass is 231 g/mol. The van der Waals surface area contributed by atoms with E-state index >= 15 is 0 Å². The zero-order chi connectivity index (χ0) is 11.4. The molecule has 0 radical (unpaired) electrons. The van der Waals surface area contributed by atoms with Crippen molar-refractivity contribution in [1.29, 1.82) is 0 Å². The van der Waals surface area contributed by atoms with E-state index in [0.717, 1.165) is 5.75 Å². The van der Waals surface area contributed by atoms with E-state index in [4.69, 9.17) is 0 Å². The molecule has 0 saturated heterocycles. The van der Waals surface area contributed by atoms with Gasteiger partial charge in [-0.1, -0.05) is 0 Å². The lowest BCUT2D eigenvalue weighted by Gasteiger charge is -2.36. The summed E-state index contributed by atoms with van der Waals surface area (Å²) in [5.74, 6) is 0.414. The minimum absolute atomic E-state index is 0.0865. The number of esters is 1. The van der Waals surface area contributed by atoms with Crippen molar-refractivity contribution in [2.45, 2.75) is 25.9 Å². The molecule has 86 valence electrons. The van der Waals surface area contributed by atoms with Gasteiger partial charge in [0, 0.05) is 18.0 Å². The lowest BCUT2D eigenvalue weighted by atomic mass is 10.2. The number of ether oxygens (including phenoxy) is 1. The van der Waals surface area contributed by atoms with Crippen LogP contribution in [0.5, 0.6) is 0 Å². The molecule has 1 atom stereocenters. The van der Waals surface area contributed by atoms with Crippen LogP contribution in [0.1, 0.15) is 13.8 Å². The Bertz CT molecular complexity index is 265. The molecule has 0 fully saturated rings. The summed E-state index contributed by atoms with van der Waals surface area (Å²) < 4.78 is 4.67.